The molecule has 0 fully saturated rings. The van der Waals surface area contributed by atoms with Crippen LogP contribution in [0.5, 0.6) is 0 Å². The van der Waals surface area contributed by atoms with Crippen molar-refractivity contribution < 1.29 is 4.79 Å². The van der Waals surface area contributed by atoms with Gasteiger partial charge in [0.15, 0.2) is 0 Å². The second kappa shape index (κ2) is 6.53. The van der Waals surface area contributed by atoms with Crippen molar-refractivity contribution in [2.45, 2.75) is 37.5 Å². The Morgan fingerprint density at radius 3 is 2.88 bits per heavy atom. The number of nitrogens with zero attached hydrogens (tertiary/aromatic N) is 1. The zero-order chi connectivity index (χ0) is 12.0. The first-order chi connectivity index (χ1) is 7.63. The van der Waals surface area contributed by atoms with Crippen LogP contribution in [0.4, 0.5) is 0 Å². The Kier molecular flexibility index (Phi) is 5.32. The Morgan fingerprint density at radius 1 is 1.56 bits per heavy atom. The summed E-state index contributed by atoms with van der Waals surface area (Å²) in [6.45, 7) is 6.68. The number of carbonyl (C=O) groups excluding carboxylic acids is 1. The summed E-state index contributed by atoms with van der Waals surface area (Å²) in [4.78, 5) is 15.9. The fraction of sp³-hybridized carbons (Fsp3) is 0.500. The number of aromatic nitrogens is 1. The zero-order valence-corrected chi connectivity index (χ0v) is 10.8. The van der Waals surface area contributed by atoms with Gasteiger partial charge in [-0.3, -0.25) is 4.79 Å². The summed E-state index contributed by atoms with van der Waals surface area (Å²) in [5.74, 6) is 0.0780. The van der Waals surface area contributed by atoms with E-state index in [1.54, 1.807) is 0 Å². The zero-order valence-electron chi connectivity index (χ0n) is 9.99. The SMILES string of the molecule is CCCNC(=O)C(C)Sc1ccc(C)cn1. The van der Waals surface area contributed by atoms with Crippen LogP contribution in [0.1, 0.15) is 25.8 Å². The molecule has 0 saturated carbocycles. The van der Waals surface area contributed by atoms with E-state index in [-0.39, 0.29) is 11.2 Å². The number of pyridine rings is 1. The van der Waals surface area contributed by atoms with Gasteiger partial charge in [-0.1, -0.05) is 24.8 Å². The van der Waals surface area contributed by atoms with E-state index in [0.29, 0.717) is 0 Å². The van der Waals surface area contributed by atoms with Gasteiger partial charge in [0.25, 0.3) is 0 Å². The molecule has 1 rings (SSSR count). The van der Waals surface area contributed by atoms with E-state index in [1.807, 2.05) is 39.1 Å². The lowest BCUT2D eigenvalue weighted by molar-refractivity contribution is -0.120. The lowest BCUT2D eigenvalue weighted by Gasteiger charge is -2.10. The number of nitrogens with one attached hydrogen (secondary N) is 1. The van der Waals surface area contributed by atoms with Gasteiger partial charge in [0, 0.05) is 12.7 Å². The highest BCUT2D eigenvalue weighted by molar-refractivity contribution is 8.00. The molecule has 1 aromatic heterocycles. The van der Waals surface area contributed by atoms with Crippen LogP contribution >= 0.6 is 11.8 Å². The Bertz CT molecular complexity index is 337. The Balaban J connectivity index is 2.47. The summed E-state index contributed by atoms with van der Waals surface area (Å²) in [6.07, 6.45) is 2.78. The standard InChI is InChI=1S/C12H18N2OS/c1-4-7-13-12(15)10(3)16-11-6-5-9(2)8-14-11/h5-6,8,10H,4,7H2,1-3H3,(H,13,15). The van der Waals surface area contributed by atoms with Crippen molar-refractivity contribution in [1.29, 1.82) is 0 Å². The molecule has 0 saturated heterocycles. The number of hydrogen-bond acceptors (Lipinski definition) is 3. The van der Waals surface area contributed by atoms with E-state index in [4.69, 9.17) is 0 Å². The third-order valence-electron chi connectivity index (χ3n) is 2.10. The van der Waals surface area contributed by atoms with E-state index in [0.717, 1.165) is 23.6 Å². The minimum Gasteiger partial charge on any atom is -0.355 e. The normalized spacial score (nSPS) is 12.2. The van der Waals surface area contributed by atoms with Gasteiger partial charge in [0.2, 0.25) is 5.91 Å². The van der Waals surface area contributed by atoms with Crippen LogP contribution < -0.4 is 5.32 Å². The molecule has 0 bridgehead atoms. The van der Waals surface area contributed by atoms with Gasteiger partial charge in [-0.25, -0.2) is 4.98 Å². The third-order valence-corrected chi connectivity index (χ3v) is 3.15. The third kappa shape index (κ3) is 4.23. The number of hydrogen-bond donors (Lipinski definition) is 1. The van der Waals surface area contributed by atoms with Gasteiger partial charge < -0.3 is 5.32 Å². The quantitative estimate of drug-likeness (QED) is 0.801. The average molecular weight is 238 g/mol. The highest BCUT2D eigenvalue weighted by Crippen LogP contribution is 2.20. The summed E-state index contributed by atoms with van der Waals surface area (Å²) in [6, 6.07) is 3.95. The highest BCUT2D eigenvalue weighted by atomic mass is 32.2. The molecule has 1 amide bonds. The average Bonchev–Trinajstić information content (AvgIpc) is 2.29. The lowest BCUT2D eigenvalue weighted by atomic mass is 10.3. The highest BCUT2D eigenvalue weighted by Gasteiger charge is 2.13. The van der Waals surface area contributed by atoms with Crippen molar-refractivity contribution in [3.63, 3.8) is 0 Å². The maximum atomic E-state index is 11.6. The van der Waals surface area contributed by atoms with E-state index in [2.05, 4.69) is 10.3 Å². The number of thioether (sulfide) groups is 1. The van der Waals surface area contributed by atoms with Gasteiger partial charge in [-0.05, 0) is 31.9 Å². The van der Waals surface area contributed by atoms with Crippen molar-refractivity contribution in [3.8, 4) is 0 Å². The van der Waals surface area contributed by atoms with E-state index in [1.165, 1.54) is 11.8 Å². The molecule has 1 aromatic rings. The summed E-state index contributed by atoms with van der Waals surface area (Å²) in [5, 5.41) is 3.67. The summed E-state index contributed by atoms with van der Waals surface area (Å²) in [5.41, 5.74) is 1.13. The molecule has 1 N–H and O–H groups in total. The van der Waals surface area contributed by atoms with Crippen molar-refractivity contribution in [1.82, 2.24) is 10.3 Å². The summed E-state index contributed by atoms with van der Waals surface area (Å²) < 4.78 is 0. The van der Waals surface area contributed by atoms with Crippen molar-refractivity contribution in [2.75, 3.05) is 6.54 Å². The van der Waals surface area contributed by atoms with Gasteiger partial charge in [-0.2, -0.15) is 0 Å². The monoisotopic (exact) mass is 238 g/mol. The minimum atomic E-state index is -0.0956. The van der Waals surface area contributed by atoms with Gasteiger partial charge in [0.05, 0.1) is 10.3 Å². The molecule has 0 radical (unpaired) electrons. The molecule has 3 nitrogen and oxygen atoms in total. The fourth-order valence-corrected chi connectivity index (χ4v) is 1.96. The van der Waals surface area contributed by atoms with Crippen LogP contribution in [0, 0.1) is 6.92 Å². The molecule has 16 heavy (non-hydrogen) atoms. The van der Waals surface area contributed by atoms with Crippen molar-refractivity contribution in [2.24, 2.45) is 0 Å². The number of carbonyl (C=O) groups is 1. The fourth-order valence-electron chi connectivity index (χ4n) is 1.15. The summed E-state index contributed by atoms with van der Waals surface area (Å²) >= 11 is 1.49. The molecule has 1 heterocycles. The largest absolute Gasteiger partial charge is 0.355 e. The molecule has 4 heteroatoms. The molecule has 1 unspecified atom stereocenters. The molecule has 0 aromatic carbocycles. The van der Waals surface area contributed by atoms with Gasteiger partial charge in [0.1, 0.15) is 0 Å². The van der Waals surface area contributed by atoms with E-state index < -0.39 is 0 Å². The molecule has 88 valence electrons. The topological polar surface area (TPSA) is 42.0 Å². The van der Waals surface area contributed by atoms with E-state index in [9.17, 15) is 4.79 Å². The first-order valence-corrected chi connectivity index (χ1v) is 6.38. The first-order valence-electron chi connectivity index (χ1n) is 5.50. The minimum absolute atomic E-state index is 0.0780. The van der Waals surface area contributed by atoms with Crippen LogP contribution in [-0.2, 0) is 4.79 Å². The Hall–Kier alpha value is -1.03. The molecule has 0 spiro atoms. The van der Waals surface area contributed by atoms with Crippen LogP contribution in [0.3, 0.4) is 0 Å². The van der Waals surface area contributed by atoms with E-state index >= 15 is 0 Å². The maximum absolute atomic E-state index is 11.6. The molecular weight excluding hydrogens is 220 g/mol. The number of aryl methyl sites for hydroxylation is 1. The molecule has 0 aliphatic rings. The molecule has 1 atom stereocenters. The number of rotatable bonds is 5. The summed E-state index contributed by atoms with van der Waals surface area (Å²) in [7, 11) is 0. The van der Waals surface area contributed by atoms with Crippen LogP contribution in [0.25, 0.3) is 0 Å². The first kappa shape index (κ1) is 13.0. The maximum Gasteiger partial charge on any atom is 0.233 e. The Labute approximate surface area is 101 Å². The van der Waals surface area contributed by atoms with Gasteiger partial charge >= 0.3 is 0 Å². The van der Waals surface area contributed by atoms with Crippen LogP contribution in [0.15, 0.2) is 23.4 Å². The van der Waals surface area contributed by atoms with Crippen molar-refractivity contribution >= 4 is 17.7 Å². The predicted molar refractivity (Wildman–Crippen MR) is 67.6 cm³/mol. The molecule has 0 aliphatic carbocycles. The van der Waals surface area contributed by atoms with Crippen LogP contribution in [0.2, 0.25) is 0 Å². The lowest BCUT2D eigenvalue weighted by Crippen LogP contribution is -2.31. The number of amides is 1. The van der Waals surface area contributed by atoms with Crippen LogP contribution in [-0.4, -0.2) is 22.7 Å². The second-order valence-corrected chi connectivity index (χ2v) is 5.09. The molecular formula is C12H18N2OS. The Morgan fingerprint density at radius 2 is 2.31 bits per heavy atom. The molecule has 0 aliphatic heterocycles. The second-order valence-electron chi connectivity index (χ2n) is 3.72. The van der Waals surface area contributed by atoms with Crippen molar-refractivity contribution in [3.05, 3.63) is 23.9 Å². The smallest absolute Gasteiger partial charge is 0.233 e. The predicted octanol–water partition coefficient (Wildman–Crippen LogP) is 2.40. The van der Waals surface area contributed by atoms with Gasteiger partial charge in [-0.15, -0.1) is 0 Å².